The predicted molar refractivity (Wildman–Crippen MR) is 88.0 cm³/mol. The van der Waals surface area contributed by atoms with Gasteiger partial charge in [-0.15, -0.1) is 0 Å². The molecule has 0 saturated carbocycles. The van der Waals surface area contributed by atoms with Crippen molar-refractivity contribution >= 4 is 5.91 Å². The van der Waals surface area contributed by atoms with Crippen LogP contribution in [0.2, 0.25) is 0 Å². The van der Waals surface area contributed by atoms with Crippen LogP contribution in [0.5, 0.6) is 5.75 Å². The van der Waals surface area contributed by atoms with Gasteiger partial charge in [-0.2, -0.15) is 13.2 Å². The lowest BCUT2D eigenvalue weighted by Gasteiger charge is -2.09. The van der Waals surface area contributed by atoms with Crippen molar-refractivity contribution in [2.45, 2.75) is 12.6 Å². The van der Waals surface area contributed by atoms with Gasteiger partial charge in [-0.1, -0.05) is 48.2 Å². The van der Waals surface area contributed by atoms with E-state index >= 15 is 0 Å². The molecule has 0 heterocycles. The Morgan fingerprint density at radius 2 is 1.84 bits per heavy atom. The number of alkyl halides is 3. The molecule has 3 nitrogen and oxygen atoms in total. The first-order chi connectivity index (χ1) is 11.9. The quantitative estimate of drug-likeness (QED) is 0.665. The first-order valence-corrected chi connectivity index (χ1v) is 7.56. The zero-order valence-corrected chi connectivity index (χ0v) is 13.3. The lowest BCUT2D eigenvalue weighted by molar-refractivity contribution is -0.173. The molecule has 0 saturated heterocycles. The summed E-state index contributed by atoms with van der Waals surface area (Å²) < 4.78 is 41.4. The second-order valence-electron chi connectivity index (χ2n) is 5.09. The van der Waals surface area contributed by atoms with Gasteiger partial charge >= 0.3 is 12.1 Å². The van der Waals surface area contributed by atoms with Gasteiger partial charge in [0.05, 0.1) is 6.54 Å². The van der Waals surface area contributed by atoms with Gasteiger partial charge in [0.25, 0.3) is 0 Å². The highest BCUT2D eigenvalue weighted by molar-refractivity contribution is 5.81. The molecule has 0 aliphatic carbocycles. The molecular weight excluding hydrogens is 331 g/mol. The molecule has 25 heavy (non-hydrogen) atoms. The third-order valence-electron chi connectivity index (χ3n) is 3.12. The molecule has 130 valence electrons. The highest BCUT2D eigenvalue weighted by atomic mass is 19.4. The van der Waals surface area contributed by atoms with Crippen molar-refractivity contribution in [1.82, 2.24) is 5.32 Å². The lowest BCUT2D eigenvalue weighted by Crippen LogP contribution is -2.38. The van der Waals surface area contributed by atoms with Crippen LogP contribution in [0.15, 0.2) is 54.6 Å². The molecule has 0 aliphatic heterocycles. The van der Waals surface area contributed by atoms with Crippen LogP contribution >= 0.6 is 0 Å². The maximum atomic E-state index is 12.0. The van der Waals surface area contributed by atoms with Crippen LogP contribution in [0.4, 0.5) is 13.2 Å². The molecular formula is C19H16F3NO2. The number of carbonyl (C=O) groups is 1. The van der Waals surface area contributed by atoms with Crippen LogP contribution in [0.25, 0.3) is 0 Å². The lowest BCUT2D eigenvalue weighted by atomic mass is 10.1. The first kappa shape index (κ1) is 18.4. The summed E-state index contributed by atoms with van der Waals surface area (Å²) >= 11 is 0. The molecule has 1 amide bonds. The van der Waals surface area contributed by atoms with Gasteiger partial charge in [-0.3, -0.25) is 4.79 Å². The molecule has 2 rings (SSSR count). The maximum Gasteiger partial charge on any atom is 0.471 e. The second kappa shape index (κ2) is 8.78. The van der Waals surface area contributed by atoms with Crippen LogP contribution in [-0.2, 0) is 11.2 Å². The number of halogens is 3. The summed E-state index contributed by atoms with van der Waals surface area (Å²) in [4.78, 5) is 10.7. The fourth-order valence-electron chi connectivity index (χ4n) is 1.94. The van der Waals surface area contributed by atoms with Crippen molar-refractivity contribution < 1.29 is 22.7 Å². The Balaban J connectivity index is 1.82. The van der Waals surface area contributed by atoms with E-state index in [4.69, 9.17) is 4.74 Å². The zero-order chi connectivity index (χ0) is 18.1. The summed E-state index contributed by atoms with van der Waals surface area (Å²) in [6.07, 6.45) is -4.26. The van der Waals surface area contributed by atoms with E-state index in [2.05, 4.69) is 11.8 Å². The van der Waals surface area contributed by atoms with E-state index < -0.39 is 12.1 Å². The van der Waals surface area contributed by atoms with Crippen molar-refractivity contribution in [1.29, 1.82) is 0 Å². The van der Waals surface area contributed by atoms with Crippen molar-refractivity contribution in [3.63, 3.8) is 0 Å². The minimum atomic E-state index is -4.88. The van der Waals surface area contributed by atoms with Gasteiger partial charge < -0.3 is 10.1 Å². The summed E-state index contributed by atoms with van der Waals surface area (Å²) in [5.41, 5.74) is 1.86. The summed E-state index contributed by atoms with van der Waals surface area (Å²) in [6, 6.07) is 16.7. The van der Waals surface area contributed by atoms with E-state index in [9.17, 15) is 18.0 Å². The highest BCUT2D eigenvalue weighted by Crippen LogP contribution is 2.14. The van der Waals surface area contributed by atoms with E-state index in [0.29, 0.717) is 12.2 Å². The number of nitrogens with one attached hydrogen (secondary N) is 1. The third kappa shape index (κ3) is 6.60. The Hall–Kier alpha value is -2.94. The fraction of sp³-hybridized carbons (Fsp3) is 0.211. The normalized spacial score (nSPS) is 10.5. The molecule has 0 aliphatic rings. The molecule has 0 spiro atoms. The number of carbonyl (C=O) groups excluding carboxylic acids is 1. The van der Waals surface area contributed by atoms with Crippen LogP contribution < -0.4 is 10.1 Å². The summed E-state index contributed by atoms with van der Waals surface area (Å²) in [5, 5.41) is 1.74. The Labute approximate surface area is 143 Å². The smallest absolute Gasteiger partial charge is 0.471 e. The molecule has 0 atom stereocenters. The molecule has 6 heteroatoms. The highest BCUT2D eigenvalue weighted by Gasteiger charge is 2.38. The molecule has 0 radical (unpaired) electrons. The summed E-state index contributed by atoms with van der Waals surface area (Å²) in [5.74, 6) is 4.57. The zero-order valence-electron chi connectivity index (χ0n) is 13.3. The number of hydrogen-bond donors (Lipinski definition) is 1. The second-order valence-corrected chi connectivity index (χ2v) is 5.09. The number of hydrogen-bond acceptors (Lipinski definition) is 2. The third-order valence-corrected chi connectivity index (χ3v) is 3.12. The summed E-state index contributed by atoms with van der Waals surface area (Å²) in [6.45, 7) is -0.301. The van der Waals surface area contributed by atoms with Gasteiger partial charge in [0.1, 0.15) is 12.4 Å². The first-order valence-electron chi connectivity index (χ1n) is 7.56. The van der Waals surface area contributed by atoms with Gasteiger partial charge in [0.15, 0.2) is 0 Å². The van der Waals surface area contributed by atoms with Crippen molar-refractivity contribution in [2.24, 2.45) is 0 Å². The van der Waals surface area contributed by atoms with Crippen LogP contribution in [0.1, 0.15) is 11.1 Å². The monoisotopic (exact) mass is 347 g/mol. The predicted octanol–water partition coefficient (Wildman–Crippen LogP) is 3.34. The van der Waals surface area contributed by atoms with Gasteiger partial charge in [-0.05, 0) is 23.8 Å². The number of rotatable bonds is 5. The van der Waals surface area contributed by atoms with Gasteiger partial charge in [0, 0.05) is 12.0 Å². The standard InChI is InChI=1S/C19H16F3NO2/c20-19(21,22)18(24)23-12-13-25-17-11-5-10-16(14-17)9-4-8-15-6-2-1-3-7-15/h1-3,5-7,10-11,14H,8,12-13H2,(H,23,24). The average molecular weight is 347 g/mol. The fourth-order valence-corrected chi connectivity index (χ4v) is 1.94. The Bertz CT molecular complexity index is 761. The largest absolute Gasteiger partial charge is 0.492 e. The van der Waals surface area contributed by atoms with Crippen LogP contribution in [0, 0.1) is 11.8 Å². The van der Waals surface area contributed by atoms with Crippen molar-refractivity contribution in [3.05, 3.63) is 65.7 Å². The molecule has 1 N–H and O–H groups in total. The molecule has 0 fully saturated rings. The van der Waals surface area contributed by atoms with Crippen LogP contribution in [-0.4, -0.2) is 25.2 Å². The Morgan fingerprint density at radius 3 is 2.56 bits per heavy atom. The van der Waals surface area contributed by atoms with E-state index in [-0.39, 0.29) is 13.2 Å². The number of benzene rings is 2. The molecule has 2 aromatic rings. The minimum absolute atomic E-state index is 0.0667. The molecule has 0 unspecified atom stereocenters. The molecule has 0 bridgehead atoms. The minimum Gasteiger partial charge on any atom is -0.492 e. The number of ether oxygens (including phenoxy) is 1. The Morgan fingerprint density at radius 1 is 1.08 bits per heavy atom. The average Bonchev–Trinajstić information content (AvgIpc) is 2.59. The molecule has 0 aromatic heterocycles. The molecule has 2 aromatic carbocycles. The van der Waals surface area contributed by atoms with E-state index in [1.165, 1.54) is 0 Å². The number of amides is 1. The van der Waals surface area contributed by atoms with E-state index in [0.717, 1.165) is 11.1 Å². The van der Waals surface area contributed by atoms with Crippen molar-refractivity contribution in [2.75, 3.05) is 13.2 Å². The Kier molecular flexibility index (Phi) is 6.47. The van der Waals surface area contributed by atoms with E-state index in [1.807, 2.05) is 36.4 Å². The topological polar surface area (TPSA) is 38.3 Å². The SMILES string of the molecule is O=C(NCCOc1cccc(C#CCc2ccccc2)c1)C(F)(F)F. The summed E-state index contributed by atoms with van der Waals surface area (Å²) in [7, 11) is 0. The van der Waals surface area contributed by atoms with Gasteiger partial charge in [-0.25, -0.2) is 0 Å². The van der Waals surface area contributed by atoms with Crippen molar-refractivity contribution in [3.8, 4) is 17.6 Å². The van der Waals surface area contributed by atoms with E-state index in [1.54, 1.807) is 23.5 Å². The van der Waals surface area contributed by atoms with Gasteiger partial charge in [0.2, 0.25) is 0 Å². The van der Waals surface area contributed by atoms with Crippen LogP contribution in [0.3, 0.4) is 0 Å². The maximum absolute atomic E-state index is 12.0.